The van der Waals surface area contributed by atoms with Crippen LogP contribution in [0, 0.1) is 5.92 Å². The van der Waals surface area contributed by atoms with Crippen molar-refractivity contribution in [3.05, 3.63) is 28.8 Å². The molecule has 0 aromatic heterocycles. The molecule has 7 heteroatoms. The van der Waals surface area contributed by atoms with Gasteiger partial charge in [0.2, 0.25) is 0 Å². The zero-order valence-electron chi connectivity index (χ0n) is 12.2. The Morgan fingerprint density at radius 1 is 1.36 bits per heavy atom. The number of aliphatic hydroxyl groups is 1. The number of likely N-dealkylation sites (tertiary alicyclic amines) is 1. The molecule has 2 rings (SSSR count). The van der Waals surface area contributed by atoms with Gasteiger partial charge in [0.15, 0.2) is 6.10 Å². The third kappa shape index (κ3) is 4.27. The van der Waals surface area contributed by atoms with E-state index in [-0.39, 0.29) is 0 Å². The summed E-state index contributed by atoms with van der Waals surface area (Å²) in [6.45, 7) is 1.58. The quantitative estimate of drug-likeness (QED) is 0.913. The molecule has 22 heavy (non-hydrogen) atoms. The van der Waals surface area contributed by atoms with Crippen LogP contribution >= 0.6 is 11.6 Å². The summed E-state index contributed by atoms with van der Waals surface area (Å²) >= 11 is 5.97. The fraction of sp³-hybridized carbons (Fsp3) is 0.600. The molecule has 1 aromatic carbocycles. The van der Waals surface area contributed by atoms with Crippen molar-refractivity contribution >= 4 is 11.6 Å². The Labute approximate surface area is 132 Å². The summed E-state index contributed by atoms with van der Waals surface area (Å²) < 4.78 is 42.8. The molecule has 0 aliphatic carbocycles. The molecule has 1 heterocycles. The topological polar surface area (TPSA) is 32.7 Å². The smallest absolute Gasteiger partial charge is 0.414 e. The van der Waals surface area contributed by atoms with Crippen LogP contribution in [0.15, 0.2) is 18.2 Å². The normalized spacial score (nSPS) is 19.2. The van der Waals surface area contributed by atoms with Gasteiger partial charge in [0.25, 0.3) is 0 Å². The van der Waals surface area contributed by atoms with Gasteiger partial charge in [-0.2, -0.15) is 13.2 Å². The SMILES string of the molecule is COc1ccc(Cl)cc1CN1CCC(C(O)C(F)(F)F)CC1. The van der Waals surface area contributed by atoms with Crippen molar-refractivity contribution in [3.63, 3.8) is 0 Å². The fourth-order valence-corrected chi connectivity index (χ4v) is 3.00. The second-order valence-electron chi connectivity index (χ2n) is 5.56. The van der Waals surface area contributed by atoms with E-state index in [2.05, 4.69) is 0 Å². The Morgan fingerprint density at radius 3 is 2.55 bits per heavy atom. The second-order valence-corrected chi connectivity index (χ2v) is 5.99. The highest BCUT2D eigenvalue weighted by atomic mass is 35.5. The number of piperidine rings is 1. The van der Waals surface area contributed by atoms with E-state index in [1.54, 1.807) is 25.3 Å². The number of hydrogen-bond acceptors (Lipinski definition) is 3. The summed E-state index contributed by atoms with van der Waals surface area (Å²) in [5.74, 6) is -0.0145. The van der Waals surface area contributed by atoms with Gasteiger partial charge in [-0.25, -0.2) is 0 Å². The van der Waals surface area contributed by atoms with E-state index in [0.29, 0.717) is 43.2 Å². The molecule has 0 saturated carbocycles. The van der Waals surface area contributed by atoms with E-state index in [1.807, 2.05) is 4.90 Å². The first-order valence-corrected chi connectivity index (χ1v) is 7.48. The summed E-state index contributed by atoms with van der Waals surface area (Å²) in [6.07, 6.45) is -6.12. The molecule has 1 N–H and O–H groups in total. The van der Waals surface area contributed by atoms with Gasteiger partial charge in [-0.05, 0) is 50.0 Å². The van der Waals surface area contributed by atoms with E-state index < -0.39 is 18.2 Å². The van der Waals surface area contributed by atoms with Gasteiger partial charge in [-0.1, -0.05) is 11.6 Å². The monoisotopic (exact) mass is 337 g/mol. The lowest BCUT2D eigenvalue weighted by molar-refractivity contribution is -0.223. The van der Waals surface area contributed by atoms with E-state index in [1.165, 1.54) is 0 Å². The number of ether oxygens (including phenoxy) is 1. The number of aliphatic hydroxyl groups excluding tert-OH is 1. The van der Waals surface area contributed by atoms with Crippen molar-refractivity contribution in [2.24, 2.45) is 5.92 Å². The lowest BCUT2D eigenvalue weighted by Crippen LogP contribution is -2.43. The van der Waals surface area contributed by atoms with Gasteiger partial charge >= 0.3 is 6.18 Å². The maximum atomic E-state index is 12.5. The molecule has 1 atom stereocenters. The van der Waals surface area contributed by atoms with Crippen molar-refractivity contribution in [2.75, 3.05) is 20.2 Å². The summed E-state index contributed by atoms with van der Waals surface area (Å²) in [6, 6.07) is 5.31. The number of alkyl halides is 3. The Morgan fingerprint density at radius 2 is 2.00 bits per heavy atom. The van der Waals surface area contributed by atoms with Gasteiger partial charge in [-0.3, -0.25) is 4.90 Å². The molecular formula is C15H19ClF3NO2. The van der Waals surface area contributed by atoms with E-state index in [0.717, 1.165) is 5.56 Å². The molecule has 0 spiro atoms. The molecule has 1 fully saturated rings. The van der Waals surface area contributed by atoms with Gasteiger partial charge in [0, 0.05) is 17.1 Å². The molecule has 1 unspecified atom stereocenters. The van der Waals surface area contributed by atoms with Crippen molar-refractivity contribution in [1.82, 2.24) is 4.90 Å². The number of rotatable bonds is 4. The minimum Gasteiger partial charge on any atom is -0.496 e. The molecule has 0 amide bonds. The van der Waals surface area contributed by atoms with Gasteiger partial charge in [0.05, 0.1) is 7.11 Å². The van der Waals surface area contributed by atoms with Crippen molar-refractivity contribution in [3.8, 4) is 5.75 Å². The highest BCUT2D eigenvalue weighted by Gasteiger charge is 2.44. The molecular weight excluding hydrogens is 319 g/mol. The lowest BCUT2D eigenvalue weighted by Gasteiger charge is -2.34. The predicted octanol–water partition coefficient (Wildman–Crippen LogP) is 3.48. The second kappa shape index (κ2) is 7.06. The van der Waals surface area contributed by atoms with Crippen LogP contribution < -0.4 is 4.74 Å². The molecule has 1 aliphatic heterocycles. The highest BCUT2D eigenvalue weighted by Crippen LogP contribution is 2.32. The number of benzene rings is 1. The Kier molecular flexibility index (Phi) is 5.58. The average molecular weight is 338 g/mol. The van der Waals surface area contributed by atoms with Crippen LogP contribution in [-0.4, -0.2) is 42.5 Å². The predicted molar refractivity (Wildman–Crippen MR) is 78.1 cm³/mol. The first-order chi connectivity index (χ1) is 10.3. The Bertz CT molecular complexity index is 502. The molecule has 0 bridgehead atoms. The Balaban J connectivity index is 1.94. The average Bonchev–Trinajstić information content (AvgIpc) is 2.46. The Hall–Kier alpha value is -0.980. The van der Waals surface area contributed by atoms with Crippen LogP contribution in [0.1, 0.15) is 18.4 Å². The van der Waals surface area contributed by atoms with Crippen molar-refractivity contribution in [1.29, 1.82) is 0 Å². The standard InChI is InChI=1S/C15H19ClF3NO2/c1-22-13-3-2-12(16)8-11(13)9-20-6-4-10(5-7-20)14(21)15(17,18)19/h2-3,8,10,14,21H,4-7,9H2,1H3. The molecule has 1 saturated heterocycles. The maximum Gasteiger partial charge on any atom is 0.414 e. The van der Waals surface area contributed by atoms with Crippen molar-refractivity contribution in [2.45, 2.75) is 31.7 Å². The summed E-state index contributed by atoms with van der Waals surface area (Å²) in [4.78, 5) is 2.05. The van der Waals surface area contributed by atoms with Crippen molar-refractivity contribution < 1.29 is 23.0 Å². The van der Waals surface area contributed by atoms with Crippen LogP contribution in [0.3, 0.4) is 0 Å². The largest absolute Gasteiger partial charge is 0.496 e. The zero-order chi connectivity index (χ0) is 16.3. The minimum absolute atomic E-state index is 0.323. The van der Waals surface area contributed by atoms with E-state index >= 15 is 0 Å². The van der Waals surface area contributed by atoms with Gasteiger partial charge in [-0.15, -0.1) is 0 Å². The molecule has 1 aliphatic rings. The van der Waals surface area contributed by atoms with Crippen LogP contribution in [0.25, 0.3) is 0 Å². The lowest BCUT2D eigenvalue weighted by atomic mass is 9.90. The summed E-state index contributed by atoms with van der Waals surface area (Å²) in [7, 11) is 1.57. The van der Waals surface area contributed by atoms with Gasteiger partial charge in [0.1, 0.15) is 5.75 Å². The molecule has 0 radical (unpaired) electrons. The van der Waals surface area contributed by atoms with Gasteiger partial charge < -0.3 is 9.84 Å². The molecule has 3 nitrogen and oxygen atoms in total. The van der Waals surface area contributed by atoms with Crippen LogP contribution in [-0.2, 0) is 6.54 Å². The highest BCUT2D eigenvalue weighted by molar-refractivity contribution is 6.30. The van der Waals surface area contributed by atoms with E-state index in [9.17, 15) is 18.3 Å². The third-order valence-corrected chi connectivity index (χ3v) is 4.29. The number of nitrogens with zero attached hydrogens (tertiary/aromatic N) is 1. The summed E-state index contributed by atoms with van der Waals surface area (Å²) in [5.41, 5.74) is 0.907. The van der Waals surface area contributed by atoms with E-state index in [4.69, 9.17) is 16.3 Å². The molecule has 124 valence electrons. The first kappa shape index (κ1) is 17.4. The zero-order valence-corrected chi connectivity index (χ0v) is 13.0. The molecule has 1 aromatic rings. The van der Waals surface area contributed by atoms with Crippen LogP contribution in [0.5, 0.6) is 5.75 Å². The number of halogens is 4. The third-order valence-electron chi connectivity index (χ3n) is 4.05. The number of hydrogen-bond donors (Lipinski definition) is 1. The fourth-order valence-electron chi connectivity index (χ4n) is 2.81. The number of methoxy groups -OCH3 is 1. The van der Waals surface area contributed by atoms with Crippen LogP contribution in [0.2, 0.25) is 5.02 Å². The minimum atomic E-state index is -4.54. The first-order valence-electron chi connectivity index (χ1n) is 7.11. The van der Waals surface area contributed by atoms with Crippen LogP contribution in [0.4, 0.5) is 13.2 Å². The summed E-state index contributed by atoms with van der Waals surface area (Å²) in [5, 5.41) is 9.92. The maximum absolute atomic E-state index is 12.5.